The second kappa shape index (κ2) is 5.28. The number of hydrogen-bond donors (Lipinski definition) is 1. The SMILES string of the molecule is CC1CCCC(Nc2ncccc2F)CC1. The van der Waals surface area contributed by atoms with Gasteiger partial charge in [0, 0.05) is 12.2 Å². The zero-order chi connectivity index (χ0) is 11.4. The molecule has 2 atom stereocenters. The summed E-state index contributed by atoms with van der Waals surface area (Å²) in [5.41, 5.74) is 0. The molecule has 1 aliphatic rings. The van der Waals surface area contributed by atoms with Crippen LogP contribution in [0.3, 0.4) is 0 Å². The first-order chi connectivity index (χ1) is 7.75. The molecule has 0 radical (unpaired) electrons. The minimum atomic E-state index is -0.250. The number of nitrogens with one attached hydrogen (secondary N) is 1. The van der Waals surface area contributed by atoms with Crippen LogP contribution >= 0.6 is 0 Å². The van der Waals surface area contributed by atoms with E-state index in [0.29, 0.717) is 11.9 Å². The van der Waals surface area contributed by atoms with Gasteiger partial charge in [-0.1, -0.05) is 19.8 Å². The summed E-state index contributed by atoms with van der Waals surface area (Å²) in [5, 5.41) is 3.22. The third-order valence-corrected chi connectivity index (χ3v) is 3.36. The molecule has 0 amide bonds. The first-order valence-electron chi connectivity index (χ1n) is 6.13. The van der Waals surface area contributed by atoms with Crippen molar-refractivity contribution in [2.75, 3.05) is 5.32 Å². The van der Waals surface area contributed by atoms with Gasteiger partial charge < -0.3 is 5.32 Å². The molecule has 2 nitrogen and oxygen atoms in total. The summed E-state index contributed by atoms with van der Waals surface area (Å²) < 4.78 is 13.4. The lowest BCUT2D eigenvalue weighted by molar-refractivity contribution is 0.501. The minimum absolute atomic E-state index is 0.250. The lowest BCUT2D eigenvalue weighted by atomic mass is 10.0. The maximum absolute atomic E-state index is 13.4. The van der Waals surface area contributed by atoms with E-state index in [0.717, 1.165) is 18.8 Å². The number of hydrogen-bond acceptors (Lipinski definition) is 2. The van der Waals surface area contributed by atoms with E-state index in [9.17, 15) is 4.39 Å². The quantitative estimate of drug-likeness (QED) is 0.773. The van der Waals surface area contributed by atoms with E-state index in [1.165, 1.54) is 25.3 Å². The van der Waals surface area contributed by atoms with Gasteiger partial charge >= 0.3 is 0 Å². The molecule has 0 aromatic carbocycles. The highest BCUT2D eigenvalue weighted by atomic mass is 19.1. The van der Waals surface area contributed by atoms with Gasteiger partial charge in [0.2, 0.25) is 0 Å². The molecular formula is C13H19FN2. The van der Waals surface area contributed by atoms with Crippen molar-refractivity contribution in [1.82, 2.24) is 4.98 Å². The molecule has 1 aromatic heterocycles. The predicted molar refractivity (Wildman–Crippen MR) is 63.9 cm³/mol. The first-order valence-corrected chi connectivity index (χ1v) is 6.13. The van der Waals surface area contributed by atoms with Crippen LogP contribution in [0, 0.1) is 11.7 Å². The average Bonchev–Trinajstić information content (AvgIpc) is 2.47. The Kier molecular flexibility index (Phi) is 3.75. The van der Waals surface area contributed by atoms with Crippen molar-refractivity contribution in [3.63, 3.8) is 0 Å². The fraction of sp³-hybridized carbons (Fsp3) is 0.615. The zero-order valence-electron chi connectivity index (χ0n) is 9.75. The van der Waals surface area contributed by atoms with E-state index >= 15 is 0 Å². The Morgan fingerprint density at radius 1 is 1.31 bits per heavy atom. The molecule has 1 heterocycles. The Labute approximate surface area is 96.3 Å². The van der Waals surface area contributed by atoms with Crippen molar-refractivity contribution in [3.05, 3.63) is 24.1 Å². The summed E-state index contributed by atoms with van der Waals surface area (Å²) in [6.45, 7) is 2.30. The highest BCUT2D eigenvalue weighted by Crippen LogP contribution is 2.25. The van der Waals surface area contributed by atoms with Gasteiger partial charge in [0.1, 0.15) is 0 Å². The number of rotatable bonds is 2. The number of anilines is 1. The van der Waals surface area contributed by atoms with E-state index in [4.69, 9.17) is 0 Å². The lowest BCUT2D eigenvalue weighted by Gasteiger charge is -2.17. The fourth-order valence-electron chi connectivity index (χ4n) is 2.32. The number of aromatic nitrogens is 1. The van der Waals surface area contributed by atoms with Gasteiger partial charge in [0.15, 0.2) is 11.6 Å². The Bertz CT molecular complexity index is 340. The van der Waals surface area contributed by atoms with Crippen LogP contribution in [-0.2, 0) is 0 Å². The molecule has 1 aliphatic carbocycles. The summed E-state index contributed by atoms with van der Waals surface area (Å²) in [6.07, 6.45) is 7.63. The molecule has 0 aliphatic heterocycles. The first kappa shape index (κ1) is 11.4. The van der Waals surface area contributed by atoms with Crippen molar-refractivity contribution < 1.29 is 4.39 Å². The maximum Gasteiger partial charge on any atom is 0.165 e. The van der Waals surface area contributed by atoms with Crippen LogP contribution in [0.4, 0.5) is 10.2 Å². The molecule has 2 rings (SSSR count). The summed E-state index contributed by atoms with van der Waals surface area (Å²) in [5.74, 6) is 0.960. The van der Waals surface area contributed by atoms with Crippen molar-refractivity contribution in [2.24, 2.45) is 5.92 Å². The minimum Gasteiger partial charge on any atom is -0.365 e. The monoisotopic (exact) mass is 222 g/mol. The third-order valence-electron chi connectivity index (χ3n) is 3.36. The lowest BCUT2D eigenvalue weighted by Crippen LogP contribution is -2.20. The van der Waals surface area contributed by atoms with Crippen LogP contribution in [0.1, 0.15) is 39.0 Å². The van der Waals surface area contributed by atoms with Crippen LogP contribution in [-0.4, -0.2) is 11.0 Å². The van der Waals surface area contributed by atoms with Crippen LogP contribution in [0.2, 0.25) is 0 Å². The molecule has 0 spiro atoms. The van der Waals surface area contributed by atoms with Crippen LogP contribution in [0.15, 0.2) is 18.3 Å². The highest BCUT2D eigenvalue weighted by molar-refractivity contribution is 5.36. The number of nitrogens with zero attached hydrogens (tertiary/aromatic N) is 1. The van der Waals surface area contributed by atoms with Crippen LogP contribution < -0.4 is 5.32 Å². The van der Waals surface area contributed by atoms with Crippen molar-refractivity contribution >= 4 is 5.82 Å². The highest BCUT2D eigenvalue weighted by Gasteiger charge is 2.17. The Hall–Kier alpha value is -1.12. The van der Waals surface area contributed by atoms with E-state index < -0.39 is 0 Å². The van der Waals surface area contributed by atoms with Gasteiger partial charge in [-0.2, -0.15) is 0 Å². The number of halogens is 1. The normalized spacial score (nSPS) is 26.1. The van der Waals surface area contributed by atoms with Gasteiger partial charge in [0.25, 0.3) is 0 Å². The summed E-state index contributed by atoms with van der Waals surface area (Å²) >= 11 is 0. The second-order valence-electron chi connectivity index (χ2n) is 4.79. The van der Waals surface area contributed by atoms with Crippen molar-refractivity contribution in [1.29, 1.82) is 0 Å². The fourth-order valence-corrected chi connectivity index (χ4v) is 2.32. The molecule has 1 fully saturated rings. The molecular weight excluding hydrogens is 203 g/mol. The predicted octanol–water partition coefficient (Wildman–Crippen LogP) is 3.60. The van der Waals surface area contributed by atoms with E-state index in [1.807, 2.05) is 0 Å². The molecule has 0 saturated heterocycles. The molecule has 16 heavy (non-hydrogen) atoms. The summed E-state index contributed by atoms with van der Waals surface area (Å²) in [6, 6.07) is 3.46. The molecule has 0 bridgehead atoms. The van der Waals surface area contributed by atoms with Crippen LogP contribution in [0.5, 0.6) is 0 Å². The van der Waals surface area contributed by atoms with E-state index in [2.05, 4.69) is 17.2 Å². The van der Waals surface area contributed by atoms with Crippen molar-refractivity contribution in [3.8, 4) is 0 Å². The average molecular weight is 222 g/mol. The Morgan fingerprint density at radius 3 is 3.00 bits per heavy atom. The van der Waals surface area contributed by atoms with Gasteiger partial charge in [-0.05, 0) is 37.3 Å². The molecule has 1 saturated carbocycles. The second-order valence-corrected chi connectivity index (χ2v) is 4.79. The Morgan fingerprint density at radius 2 is 2.19 bits per heavy atom. The topological polar surface area (TPSA) is 24.9 Å². The molecule has 1 aromatic rings. The molecule has 88 valence electrons. The number of pyridine rings is 1. The van der Waals surface area contributed by atoms with Gasteiger partial charge in [0.05, 0.1) is 0 Å². The van der Waals surface area contributed by atoms with Crippen LogP contribution in [0.25, 0.3) is 0 Å². The third kappa shape index (κ3) is 2.94. The van der Waals surface area contributed by atoms with Gasteiger partial charge in [-0.25, -0.2) is 9.37 Å². The van der Waals surface area contributed by atoms with E-state index in [1.54, 1.807) is 12.3 Å². The van der Waals surface area contributed by atoms with E-state index in [-0.39, 0.29) is 5.82 Å². The maximum atomic E-state index is 13.4. The van der Waals surface area contributed by atoms with Crippen molar-refractivity contribution in [2.45, 2.75) is 45.1 Å². The smallest absolute Gasteiger partial charge is 0.165 e. The Balaban J connectivity index is 1.96. The molecule has 2 unspecified atom stereocenters. The summed E-state index contributed by atoms with van der Waals surface area (Å²) in [7, 11) is 0. The van der Waals surface area contributed by atoms with Gasteiger partial charge in [-0.15, -0.1) is 0 Å². The molecule has 1 N–H and O–H groups in total. The largest absolute Gasteiger partial charge is 0.365 e. The summed E-state index contributed by atoms with van der Waals surface area (Å²) in [4.78, 5) is 4.04. The standard InChI is InChI=1S/C13H19FN2/c1-10-4-2-5-11(8-7-10)16-13-12(14)6-3-9-15-13/h3,6,9-11H,2,4-5,7-8H2,1H3,(H,15,16). The molecule has 3 heteroatoms. The zero-order valence-corrected chi connectivity index (χ0v) is 9.75. The van der Waals surface area contributed by atoms with Gasteiger partial charge in [-0.3, -0.25) is 0 Å².